The first-order valence-corrected chi connectivity index (χ1v) is 21.0. The van der Waals surface area contributed by atoms with E-state index < -0.39 is 59.5 Å². The Bertz CT molecular complexity index is 2520. The number of carbonyl (C=O) groups is 3. The van der Waals surface area contributed by atoms with Crippen molar-refractivity contribution >= 4 is 23.5 Å². The monoisotopic (exact) mass is 813 g/mol. The molecule has 9 rings (SSSR count). The van der Waals surface area contributed by atoms with Crippen molar-refractivity contribution < 1.29 is 34.1 Å². The van der Waals surface area contributed by atoms with Crippen molar-refractivity contribution in [1.82, 2.24) is 10.2 Å². The predicted molar refractivity (Wildman–Crippen MR) is 230 cm³/mol. The maximum Gasteiger partial charge on any atom is 0.324 e. The van der Waals surface area contributed by atoms with Crippen molar-refractivity contribution in [3.8, 4) is 17.6 Å². The minimum absolute atomic E-state index is 0.0311. The van der Waals surface area contributed by atoms with Crippen molar-refractivity contribution in [1.29, 1.82) is 0 Å². The van der Waals surface area contributed by atoms with Crippen molar-refractivity contribution in [3.05, 3.63) is 178 Å². The molecule has 2 amide bonds. The van der Waals surface area contributed by atoms with Crippen LogP contribution in [0.15, 0.2) is 145 Å². The highest BCUT2D eigenvalue weighted by Crippen LogP contribution is 2.65. The smallest absolute Gasteiger partial charge is 0.324 e. The summed E-state index contributed by atoms with van der Waals surface area (Å²) in [5.74, 6) is 3.97. The molecule has 7 unspecified atom stereocenters. The molecular weight excluding hydrogens is 767 g/mol. The molecule has 10 heteroatoms. The number of allylic oxidation sites excluding steroid dienone is 2. The zero-order chi connectivity index (χ0) is 41.9. The van der Waals surface area contributed by atoms with E-state index in [4.69, 9.17) is 9.47 Å². The standard InChI is InChI=1S/C51H47N3O7/c55-29-30-60-42-24-14-13-23-38(42)47-51(39-31-34(27-28-40(39)53-50(51)59)26-25-33-15-5-1-6-16-33)43(48(57)52-32-41(56)35-17-7-2-8-18-35)45-49(58)61-46(37-21-11-4-12-22-37)44(54(45)47)36-19-9-3-10-20-36/h2-4,7-15,17-24,27-28,31,41,43-47,55-56H,1,5-6,16,29-30,32H2,(H,52,57)(H,53,59). The zero-order valence-electron chi connectivity index (χ0n) is 33.6. The molecule has 0 bridgehead atoms. The molecule has 0 saturated carbocycles. The van der Waals surface area contributed by atoms with E-state index in [2.05, 4.69) is 28.6 Å². The van der Waals surface area contributed by atoms with Gasteiger partial charge in [0.05, 0.1) is 30.7 Å². The Morgan fingerprint density at radius 2 is 1.57 bits per heavy atom. The maximum atomic E-state index is 15.6. The van der Waals surface area contributed by atoms with Gasteiger partial charge in [0.1, 0.15) is 29.9 Å². The van der Waals surface area contributed by atoms with Crippen molar-refractivity contribution in [2.45, 2.75) is 61.4 Å². The molecule has 2 saturated heterocycles. The van der Waals surface area contributed by atoms with Gasteiger partial charge in [-0.15, -0.1) is 0 Å². The molecule has 4 aliphatic rings. The lowest BCUT2D eigenvalue weighted by Gasteiger charge is -2.46. The van der Waals surface area contributed by atoms with E-state index in [-0.39, 0.29) is 19.8 Å². The Balaban J connectivity index is 1.30. The molecule has 308 valence electrons. The number of nitrogens with one attached hydrogen (secondary N) is 2. The van der Waals surface area contributed by atoms with Crippen LogP contribution < -0.4 is 15.4 Å². The molecule has 5 aromatic rings. The number of rotatable bonds is 10. The number of hydrogen-bond donors (Lipinski definition) is 4. The quantitative estimate of drug-likeness (QED) is 0.0872. The summed E-state index contributed by atoms with van der Waals surface area (Å²) >= 11 is 0. The van der Waals surface area contributed by atoms with Gasteiger partial charge < -0.3 is 30.3 Å². The van der Waals surface area contributed by atoms with Gasteiger partial charge in [-0.1, -0.05) is 127 Å². The molecule has 3 aliphatic heterocycles. The van der Waals surface area contributed by atoms with Crippen LogP contribution in [0.1, 0.15) is 83.4 Å². The number of anilines is 1. The van der Waals surface area contributed by atoms with Gasteiger partial charge in [0.25, 0.3) is 0 Å². The first-order valence-electron chi connectivity index (χ1n) is 21.0. The first kappa shape index (κ1) is 39.9. The molecule has 7 atom stereocenters. The normalized spacial score (nSPS) is 24.6. The van der Waals surface area contributed by atoms with Crippen LogP contribution in [0.2, 0.25) is 0 Å². The second-order valence-electron chi connectivity index (χ2n) is 16.0. The SMILES string of the molecule is O=C1OC(c2ccccc2)C(c2ccccc2)N2C1C(C(=O)NCC(O)c1ccccc1)C1(C(=O)Nc3ccc(C#CC4=CCCCC4)cc31)C2c1ccccc1OCCO. The average molecular weight is 814 g/mol. The van der Waals surface area contributed by atoms with Gasteiger partial charge in [0, 0.05) is 23.4 Å². The van der Waals surface area contributed by atoms with Gasteiger partial charge >= 0.3 is 5.97 Å². The van der Waals surface area contributed by atoms with Gasteiger partial charge in [0.15, 0.2) is 0 Å². The van der Waals surface area contributed by atoms with Gasteiger partial charge in [-0.2, -0.15) is 0 Å². The largest absolute Gasteiger partial charge is 0.491 e. The fourth-order valence-corrected chi connectivity index (χ4v) is 9.84. The van der Waals surface area contributed by atoms with Crippen LogP contribution in [0.5, 0.6) is 5.75 Å². The van der Waals surface area contributed by atoms with Crippen LogP contribution in [0.3, 0.4) is 0 Å². The number of amides is 2. The predicted octanol–water partition coefficient (Wildman–Crippen LogP) is 7.03. The summed E-state index contributed by atoms with van der Waals surface area (Å²) in [6.07, 6.45) is 4.34. The van der Waals surface area contributed by atoms with E-state index in [1.165, 1.54) is 0 Å². The summed E-state index contributed by atoms with van der Waals surface area (Å²) in [5.41, 5.74) is 3.65. The summed E-state index contributed by atoms with van der Waals surface area (Å²) in [5, 5.41) is 27.4. The number of esters is 1. The number of cyclic esters (lactones) is 1. The number of ether oxygens (including phenoxy) is 2. The van der Waals surface area contributed by atoms with Crippen LogP contribution in [0.25, 0.3) is 0 Å². The third kappa shape index (κ3) is 7.29. The van der Waals surface area contributed by atoms with Crippen LogP contribution in [0, 0.1) is 17.8 Å². The lowest BCUT2D eigenvalue weighted by Crippen LogP contribution is -2.55. The Morgan fingerprint density at radius 3 is 2.30 bits per heavy atom. The maximum absolute atomic E-state index is 15.6. The molecule has 0 radical (unpaired) electrons. The molecule has 2 fully saturated rings. The fraction of sp³-hybridized carbons (Fsp3) is 0.275. The first-order chi connectivity index (χ1) is 29.9. The highest BCUT2D eigenvalue weighted by Gasteiger charge is 2.74. The van der Waals surface area contributed by atoms with Crippen molar-refractivity contribution in [3.63, 3.8) is 0 Å². The van der Waals surface area contributed by atoms with E-state index >= 15 is 14.4 Å². The Hall–Kier alpha value is -6.51. The minimum Gasteiger partial charge on any atom is -0.491 e. The number of para-hydroxylation sites is 1. The van der Waals surface area contributed by atoms with Crippen LogP contribution >= 0.6 is 0 Å². The van der Waals surface area contributed by atoms with Gasteiger partial charge in [-0.05, 0) is 77.8 Å². The zero-order valence-corrected chi connectivity index (χ0v) is 33.6. The van der Waals surface area contributed by atoms with Gasteiger partial charge in [0.2, 0.25) is 11.8 Å². The summed E-state index contributed by atoms with van der Waals surface area (Å²) in [6, 6.07) is 38.0. The molecule has 4 N–H and O–H groups in total. The van der Waals surface area contributed by atoms with Crippen LogP contribution in [-0.2, 0) is 24.5 Å². The molecule has 10 nitrogen and oxygen atoms in total. The lowest BCUT2D eigenvalue weighted by molar-refractivity contribution is -0.178. The Kier molecular flexibility index (Phi) is 11.3. The third-order valence-corrected chi connectivity index (χ3v) is 12.5. The number of hydrogen-bond acceptors (Lipinski definition) is 8. The third-order valence-electron chi connectivity index (χ3n) is 12.5. The number of aliphatic hydroxyl groups excluding tert-OH is 2. The molecule has 1 spiro atoms. The number of benzene rings is 5. The molecule has 5 aromatic carbocycles. The highest BCUT2D eigenvalue weighted by molar-refractivity contribution is 6.12. The molecular formula is C51H47N3O7. The number of aliphatic hydroxyl groups is 2. The fourth-order valence-electron chi connectivity index (χ4n) is 9.84. The number of carbonyl (C=O) groups excluding carboxylic acids is 3. The van der Waals surface area contributed by atoms with Gasteiger partial charge in [-0.25, -0.2) is 0 Å². The van der Waals surface area contributed by atoms with Crippen molar-refractivity contribution in [2.75, 3.05) is 25.1 Å². The van der Waals surface area contributed by atoms with E-state index in [9.17, 15) is 10.2 Å². The second-order valence-corrected chi connectivity index (χ2v) is 16.0. The van der Waals surface area contributed by atoms with E-state index in [0.717, 1.165) is 42.4 Å². The topological polar surface area (TPSA) is 137 Å². The Labute approximate surface area is 355 Å². The molecule has 3 heterocycles. The minimum atomic E-state index is -1.78. The van der Waals surface area contributed by atoms with Crippen molar-refractivity contribution in [2.24, 2.45) is 5.92 Å². The molecule has 61 heavy (non-hydrogen) atoms. The lowest BCUT2D eigenvalue weighted by atomic mass is 9.65. The number of morpholine rings is 1. The molecule has 1 aliphatic carbocycles. The van der Waals surface area contributed by atoms with Gasteiger partial charge in [-0.3, -0.25) is 19.3 Å². The summed E-state index contributed by atoms with van der Waals surface area (Å²) < 4.78 is 12.8. The van der Waals surface area contributed by atoms with E-state index in [0.29, 0.717) is 33.7 Å². The molecule has 0 aromatic heterocycles. The summed E-state index contributed by atoms with van der Waals surface area (Å²) in [6.45, 7) is -0.472. The van der Waals surface area contributed by atoms with E-state index in [1.807, 2.05) is 108 Å². The number of fused-ring (bicyclic) bond motifs is 3. The van der Waals surface area contributed by atoms with Crippen LogP contribution in [-0.4, -0.2) is 58.7 Å². The second kappa shape index (κ2) is 17.2. The van der Waals surface area contributed by atoms with Crippen LogP contribution in [0.4, 0.5) is 5.69 Å². The Morgan fingerprint density at radius 1 is 0.869 bits per heavy atom. The highest BCUT2D eigenvalue weighted by atomic mass is 16.6. The summed E-state index contributed by atoms with van der Waals surface area (Å²) in [4.78, 5) is 48.1. The average Bonchev–Trinajstić information content (AvgIpc) is 3.79. The number of nitrogens with zero attached hydrogens (tertiary/aromatic N) is 1. The summed E-state index contributed by atoms with van der Waals surface area (Å²) in [7, 11) is 0. The van der Waals surface area contributed by atoms with E-state index in [1.54, 1.807) is 30.3 Å².